The van der Waals surface area contributed by atoms with E-state index in [1.807, 2.05) is 0 Å². The van der Waals surface area contributed by atoms with E-state index in [0.29, 0.717) is 13.1 Å². The summed E-state index contributed by atoms with van der Waals surface area (Å²) >= 11 is 1.34. The Morgan fingerprint density at radius 3 is 3.38 bits per heavy atom. The molecule has 1 amide bonds. The summed E-state index contributed by atoms with van der Waals surface area (Å²) in [5.41, 5.74) is -0.00694. The molecule has 5 heteroatoms. The van der Waals surface area contributed by atoms with Gasteiger partial charge in [0.1, 0.15) is 5.50 Å². The molecule has 0 saturated carbocycles. The summed E-state index contributed by atoms with van der Waals surface area (Å²) in [6, 6.07) is 0. The second-order valence-corrected chi connectivity index (χ2v) is 2.20. The van der Waals surface area contributed by atoms with E-state index >= 15 is 0 Å². The molecule has 1 aliphatic rings. The highest BCUT2D eigenvalue weighted by atomic mass is 32.2. The molecule has 2 N–H and O–H groups in total. The first-order valence-corrected chi connectivity index (χ1v) is 3.03. The summed E-state index contributed by atoms with van der Waals surface area (Å²) in [5, 5.41) is 5.43. The Balaban J connectivity index is 2.14. The topological polar surface area (TPSA) is 55.2 Å². The number of carbonyl (C=O) groups excluding carboxylic acids is 1. The molecule has 1 fully saturated rings. The van der Waals surface area contributed by atoms with Crippen molar-refractivity contribution in [1.29, 1.82) is 0 Å². The van der Waals surface area contributed by atoms with Crippen LogP contribution in [0.3, 0.4) is 0 Å². The van der Waals surface area contributed by atoms with Crippen LogP contribution in [0.25, 0.3) is 0 Å². The maximum atomic E-state index is 9.75. The summed E-state index contributed by atoms with van der Waals surface area (Å²) in [6.07, 6.45) is 0.658. The number of rotatable bonds is 2. The van der Waals surface area contributed by atoms with E-state index in [2.05, 4.69) is 15.4 Å². The van der Waals surface area contributed by atoms with E-state index in [1.165, 1.54) is 11.9 Å². The number of nitrogens with zero attached hydrogens (tertiary/aromatic N) is 1. The van der Waals surface area contributed by atoms with Crippen molar-refractivity contribution in [1.82, 2.24) is 15.4 Å². The van der Waals surface area contributed by atoms with Gasteiger partial charge in [-0.05, 0) is 11.9 Å². The van der Waals surface area contributed by atoms with Gasteiger partial charge in [0, 0.05) is 0 Å². The molecule has 1 saturated heterocycles. The summed E-state index contributed by atoms with van der Waals surface area (Å²) < 4.78 is 3.87. The van der Waals surface area contributed by atoms with Gasteiger partial charge in [0.2, 0.25) is 6.41 Å². The van der Waals surface area contributed by atoms with Gasteiger partial charge in [-0.1, -0.05) is 0 Å². The minimum Gasteiger partial charge on any atom is -0.333 e. The third kappa shape index (κ3) is 1.36. The number of hydrogen-bond donors (Lipinski definition) is 2. The van der Waals surface area contributed by atoms with Crippen molar-refractivity contribution in [3.8, 4) is 0 Å². The average Bonchev–Trinajstić information content (AvgIpc) is 2.19. The van der Waals surface area contributed by atoms with Crippen LogP contribution in [0.4, 0.5) is 0 Å². The number of amides is 1. The van der Waals surface area contributed by atoms with Crippen molar-refractivity contribution >= 4 is 18.4 Å². The van der Waals surface area contributed by atoms with E-state index in [4.69, 9.17) is 0 Å². The summed E-state index contributed by atoms with van der Waals surface area (Å²) in [6.45, 7) is 0.621. The second kappa shape index (κ2) is 2.91. The Hall–Kier alpha value is -0.260. The van der Waals surface area contributed by atoms with Gasteiger partial charge in [0.05, 0.1) is 6.67 Å². The Morgan fingerprint density at radius 2 is 2.88 bits per heavy atom. The van der Waals surface area contributed by atoms with E-state index in [0.717, 1.165) is 0 Å². The zero-order valence-electron chi connectivity index (χ0n) is 4.13. The van der Waals surface area contributed by atoms with E-state index in [1.54, 1.807) is 0 Å². The van der Waals surface area contributed by atoms with Gasteiger partial charge >= 0.3 is 0 Å². The van der Waals surface area contributed by atoms with Crippen LogP contribution in [0.1, 0.15) is 0 Å². The lowest BCUT2D eigenvalue weighted by atomic mass is 10.9. The predicted molar refractivity (Wildman–Crippen MR) is 30.7 cm³/mol. The molecule has 0 spiro atoms. The largest absolute Gasteiger partial charge is 0.333 e. The summed E-state index contributed by atoms with van der Waals surface area (Å²) in [7, 11) is 0. The quantitative estimate of drug-likeness (QED) is 0.367. The van der Waals surface area contributed by atoms with E-state index < -0.39 is 0 Å². The fourth-order valence-corrected chi connectivity index (χ4v) is 0.984. The maximum absolute atomic E-state index is 9.75. The highest BCUT2D eigenvalue weighted by Gasteiger charge is 2.12. The van der Waals surface area contributed by atoms with Crippen LogP contribution in [0.2, 0.25) is 0 Å². The second-order valence-electron chi connectivity index (χ2n) is 1.26. The Morgan fingerprint density at radius 1 is 2.00 bits per heavy atom. The van der Waals surface area contributed by atoms with Gasteiger partial charge in [0.15, 0.2) is 0 Å². The van der Waals surface area contributed by atoms with Crippen molar-refractivity contribution in [2.45, 2.75) is 5.50 Å². The van der Waals surface area contributed by atoms with Gasteiger partial charge in [-0.25, -0.2) is 0 Å². The Bertz CT molecular complexity index is 82.6. The molecule has 8 heavy (non-hydrogen) atoms. The first-order valence-electron chi connectivity index (χ1n) is 2.19. The third-order valence-electron chi connectivity index (χ3n) is 0.741. The number of carbonyl (C=O) groups is 1. The average molecular weight is 132 g/mol. The first-order chi connectivity index (χ1) is 3.93. The van der Waals surface area contributed by atoms with Crippen molar-refractivity contribution in [2.75, 3.05) is 6.67 Å². The fourth-order valence-electron chi connectivity index (χ4n) is 0.420. The van der Waals surface area contributed by atoms with Gasteiger partial charge in [0.25, 0.3) is 0 Å². The third-order valence-corrected chi connectivity index (χ3v) is 1.53. The molecule has 1 aliphatic heterocycles. The standard InChI is InChI=1S/C3H6N3OS/c7-2-5-3-4-1-6-8-3/h2-4H,1H2,(H,5,7). The van der Waals surface area contributed by atoms with Gasteiger partial charge in [-0.3, -0.25) is 10.1 Å². The smallest absolute Gasteiger partial charge is 0.209 e. The number of nitrogens with one attached hydrogen (secondary N) is 2. The van der Waals surface area contributed by atoms with Crippen LogP contribution in [0.15, 0.2) is 0 Å². The summed E-state index contributed by atoms with van der Waals surface area (Å²) in [5.74, 6) is 0. The van der Waals surface area contributed by atoms with E-state index in [9.17, 15) is 4.79 Å². The molecule has 1 unspecified atom stereocenters. The Labute approximate surface area is 51.5 Å². The molecule has 1 rings (SSSR count). The molecule has 0 aromatic carbocycles. The van der Waals surface area contributed by atoms with Crippen molar-refractivity contribution in [2.24, 2.45) is 0 Å². The normalized spacial score (nSPS) is 27.8. The molecule has 0 aromatic rings. The van der Waals surface area contributed by atoms with Crippen LogP contribution in [0.5, 0.6) is 0 Å². The van der Waals surface area contributed by atoms with Crippen LogP contribution in [-0.4, -0.2) is 18.6 Å². The molecule has 0 bridgehead atoms. The van der Waals surface area contributed by atoms with Crippen molar-refractivity contribution in [3.05, 3.63) is 0 Å². The van der Waals surface area contributed by atoms with Gasteiger partial charge < -0.3 is 5.32 Å². The lowest BCUT2D eigenvalue weighted by Gasteiger charge is -2.02. The predicted octanol–water partition coefficient (Wildman–Crippen LogP) is -1.17. The molecule has 0 aromatic heterocycles. The molecule has 4 nitrogen and oxygen atoms in total. The highest BCUT2D eigenvalue weighted by molar-refractivity contribution is 7.98. The van der Waals surface area contributed by atoms with Gasteiger partial charge in [-0.2, -0.15) is 4.72 Å². The van der Waals surface area contributed by atoms with E-state index in [-0.39, 0.29) is 5.50 Å². The van der Waals surface area contributed by atoms with Crippen LogP contribution in [-0.2, 0) is 4.79 Å². The molecule has 1 heterocycles. The zero-order chi connectivity index (χ0) is 5.82. The minimum atomic E-state index is -0.00694. The Kier molecular flexibility index (Phi) is 2.13. The molecule has 1 radical (unpaired) electrons. The maximum Gasteiger partial charge on any atom is 0.209 e. The van der Waals surface area contributed by atoms with Gasteiger partial charge in [-0.15, -0.1) is 0 Å². The molecular weight excluding hydrogens is 126 g/mol. The minimum absolute atomic E-state index is 0.00694. The molecule has 1 atom stereocenters. The molecule has 0 aliphatic carbocycles. The lowest BCUT2D eigenvalue weighted by molar-refractivity contribution is -0.109. The molecule has 45 valence electrons. The SMILES string of the molecule is O=CNC1NC[N]S1. The number of hydrogen-bond acceptors (Lipinski definition) is 3. The summed E-state index contributed by atoms with van der Waals surface area (Å²) in [4.78, 5) is 9.75. The van der Waals surface area contributed by atoms with Crippen molar-refractivity contribution < 1.29 is 4.79 Å². The lowest BCUT2D eigenvalue weighted by Crippen LogP contribution is -2.34. The fraction of sp³-hybridized carbons (Fsp3) is 0.667. The van der Waals surface area contributed by atoms with Crippen LogP contribution >= 0.6 is 11.9 Å². The van der Waals surface area contributed by atoms with Crippen LogP contribution in [0, 0.1) is 0 Å². The zero-order valence-corrected chi connectivity index (χ0v) is 4.94. The molecular formula is C3H6N3OS. The van der Waals surface area contributed by atoms with Crippen molar-refractivity contribution in [3.63, 3.8) is 0 Å². The monoisotopic (exact) mass is 132 g/mol. The first kappa shape index (κ1) is 5.87. The highest BCUT2D eigenvalue weighted by Crippen LogP contribution is 2.04. The van der Waals surface area contributed by atoms with Crippen LogP contribution < -0.4 is 15.4 Å².